The number of hydrogen-bond donors (Lipinski definition) is 1. The van der Waals surface area contributed by atoms with Gasteiger partial charge in [0.05, 0.1) is 23.0 Å². The Morgan fingerprint density at radius 1 is 1.19 bits per heavy atom. The third kappa shape index (κ3) is 3.24. The van der Waals surface area contributed by atoms with Gasteiger partial charge in [-0.25, -0.2) is 14.6 Å². The number of halogens is 2. The molecule has 10 heteroatoms. The van der Waals surface area contributed by atoms with E-state index in [4.69, 9.17) is 23.2 Å². The van der Waals surface area contributed by atoms with E-state index in [1.165, 1.54) is 11.0 Å². The molecule has 1 amide bonds. The van der Waals surface area contributed by atoms with Crippen molar-refractivity contribution in [2.24, 2.45) is 0 Å². The predicted octanol–water partition coefficient (Wildman–Crippen LogP) is 3.14. The zero-order valence-electron chi connectivity index (χ0n) is 14.1. The van der Waals surface area contributed by atoms with Gasteiger partial charge >= 0.3 is 0 Å². The van der Waals surface area contributed by atoms with E-state index in [0.717, 1.165) is 11.4 Å². The molecule has 4 rings (SSSR count). The van der Waals surface area contributed by atoms with Crippen molar-refractivity contribution in [1.82, 2.24) is 29.5 Å². The number of aromatic nitrogens is 6. The van der Waals surface area contributed by atoms with Gasteiger partial charge in [-0.3, -0.25) is 4.79 Å². The highest BCUT2D eigenvalue weighted by Gasteiger charge is 2.17. The van der Waals surface area contributed by atoms with E-state index in [2.05, 4.69) is 25.5 Å². The molecule has 8 nitrogen and oxygen atoms in total. The van der Waals surface area contributed by atoms with Crippen LogP contribution in [0, 0.1) is 6.92 Å². The van der Waals surface area contributed by atoms with E-state index in [9.17, 15) is 4.79 Å². The number of benzene rings is 1. The zero-order chi connectivity index (χ0) is 19.0. The first-order chi connectivity index (χ1) is 13.1. The topological polar surface area (TPSA) is 90.5 Å². The zero-order valence-corrected chi connectivity index (χ0v) is 15.6. The third-order valence-corrected chi connectivity index (χ3v) is 4.33. The second-order valence-electron chi connectivity index (χ2n) is 5.73. The maximum absolute atomic E-state index is 11.7. The summed E-state index contributed by atoms with van der Waals surface area (Å²) >= 11 is 11.6. The number of carbonyl (C=O) groups is 1. The van der Waals surface area contributed by atoms with Gasteiger partial charge in [-0.2, -0.15) is 14.9 Å². The van der Waals surface area contributed by atoms with Crippen LogP contribution in [0.25, 0.3) is 22.5 Å². The summed E-state index contributed by atoms with van der Waals surface area (Å²) in [6.45, 7) is 1.82. The van der Waals surface area contributed by atoms with Crippen molar-refractivity contribution in [1.29, 1.82) is 0 Å². The number of carbonyl (C=O) groups excluding carboxylic acids is 1. The molecule has 4 aromatic rings. The van der Waals surface area contributed by atoms with Crippen LogP contribution in [0.5, 0.6) is 0 Å². The lowest BCUT2D eigenvalue weighted by Gasteiger charge is -2.08. The summed E-state index contributed by atoms with van der Waals surface area (Å²) in [5.74, 6) is 0.480. The smallest absolute Gasteiger partial charge is 0.240 e. The molecule has 0 aliphatic carbocycles. The second-order valence-corrected chi connectivity index (χ2v) is 6.44. The molecule has 3 heterocycles. The minimum Gasteiger partial charge on any atom is -0.309 e. The highest BCUT2D eigenvalue weighted by molar-refractivity contribution is 6.30. The fraction of sp³-hybridized carbons (Fsp3) is 0.118. The molecule has 0 radical (unpaired) electrons. The Hall–Kier alpha value is -2.97. The first-order valence-corrected chi connectivity index (χ1v) is 8.85. The van der Waals surface area contributed by atoms with Crippen molar-refractivity contribution in [3.8, 4) is 11.5 Å². The first kappa shape index (κ1) is 17.4. The average Bonchev–Trinajstić information content (AvgIpc) is 3.25. The van der Waals surface area contributed by atoms with Crippen LogP contribution in [0.1, 0.15) is 5.69 Å². The fourth-order valence-corrected chi connectivity index (χ4v) is 2.89. The van der Waals surface area contributed by atoms with Crippen LogP contribution >= 0.6 is 23.2 Å². The van der Waals surface area contributed by atoms with Crippen molar-refractivity contribution in [3.63, 3.8) is 0 Å². The number of hydrogen-bond acceptors (Lipinski definition) is 5. The summed E-state index contributed by atoms with van der Waals surface area (Å²) in [4.78, 5) is 20.4. The van der Waals surface area contributed by atoms with E-state index >= 15 is 0 Å². The summed E-state index contributed by atoms with van der Waals surface area (Å²) in [5, 5.41) is 12.9. The predicted molar refractivity (Wildman–Crippen MR) is 103 cm³/mol. The van der Waals surface area contributed by atoms with Gasteiger partial charge < -0.3 is 5.32 Å². The molecule has 0 saturated heterocycles. The van der Waals surface area contributed by atoms with Crippen molar-refractivity contribution in [2.45, 2.75) is 6.92 Å². The molecule has 27 heavy (non-hydrogen) atoms. The van der Waals surface area contributed by atoms with Gasteiger partial charge in [-0.05, 0) is 31.2 Å². The Bertz CT molecular complexity index is 1130. The van der Waals surface area contributed by atoms with Crippen LogP contribution in [0.2, 0.25) is 5.02 Å². The number of amides is 1. The summed E-state index contributed by atoms with van der Waals surface area (Å²) in [5.41, 5.74) is 2.13. The number of nitrogens with one attached hydrogen (secondary N) is 1. The molecule has 0 bridgehead atoms. The lowest BCUT2D eigenvalue weighted by Crippen LogP contribution is -2.16. The standard InChI is InChI=1S/C17H13Cl2N7O/c1-10-6-14(23-15(27)7-18)26(24-10)17-13-8-22-25(16(13)20-9-21-17)12-4-2-11(19)3-5-12/h2-6,8-9H,7H2,1H3,(H,23,27). The Morgan fingerprint density at radius 3 is 2.70 bits per heavy atom. The Kier molecular flexibility index (Phi) is 4.51. The van der Waals surface area contributed by atoms with Crippen molar-refractivity contribution in [2.75, 3.05) is 11.2 Å². The van der Waals surface area contributed by atoms with Crippen molar-refractivity contribution >= 4 is 46.0 Å². The third-order valence-electron chi connectivity index (χ3n) is 3.84. The summed E-state index contributed by atoms with van der Waals surface area (Å²) in [6.07, 6.45) is 3.08. The molecular weight excluding hydrogens is 389 g/mol. The largest absolute Gasteiger partial charge is 0.309 e. The number of nitrogens with zero attached hydrogens (tertiary/aromatic N) is 6. The Balaban J connectivity index is 1.85. The number of alkyl halides is 1. The minimum atomic E-state index is -0.333. The molecule has 1 N–H and O–H groups in total. The molecule has 0 unspecified atom stereocenters. The van der Waals surface area contributed by atoms with Gasteiger partial charge in [0.25, 0.3) is 0 Å². The van der Waals surface area contributed by atoms with Crippen molar-refractivity contribution in [3.05, 3.63) is 53.6 Å². The Morgan fingerprint density at radius 2 is 1.96 bits per heavy atom. The van der Waals surface area contributed by atoms with Gasteiger partial charge in [0.1, 0.15) is 18.0 Å². The maximum atomic E-state index is 11.7. The quantitative estimate of drug-likeness (QED) is 0.530. The minimum absolute atomic E-state index is 0.155. The van der Waals surface area contributed by atoms with Crippen LogP contribution in [-0.2, 0) is 4.79 Å². The summed E-state index contributed by atoms with van der Waals surface area (Å²) in [6, 6.07) is 9.00. The van der Waals surface area contributed by atoms with Gasteiger partial charge in [0.15, 0.2) is 11.5 Å². The lowest BCUT2D eigenvalue weighted by atomic mass is 10.3. The number of aryl methyl sites for hydroxylation is 1. The highest BCUT2D eigenvalue weighted by atomic mass is 35.5. The molecule has 136 valence electrons. The lowest BCUT2D eigenvalue weighted by molar-refractivity contribution is -0.114. The molecule has 0 atom stereocenters. The molecule has 1 aromatic carbocycles. The average molecular weight is 402 g/mol. The molecule has 3 aromatic heterocycles. The van der Waals surface area contributed by atoms with E-state index in [1.807, 2.05) is 19.1 Å². The molecule has 0 fully saturated rings. The van der Waals surface area contributed by atoms with E-state index in [1.54, 1.807) is 29.1 Å². The highest BCUT2D eigenvalue weighted by Crippen LogP contribution is 2.24. The van der Waals surface area contributed by atoms with Gasteiger partial charge in [0, 0.05) is 11.1 Å². The van der Waals surface area contributed by atoms with E-state index < -0.39 is 0 Å². The molecule has 0 aliphatic rings. The molecular formula is C17H13Cl2N7O. The normalized spacial score (nSPS) is 11.1. The van der Waals surface area contributed by atoms with Crippen LogP contribution in [0.15, 0.2) is 42.9 Å². The summed E-state index contributed by atoms with van der Waals surface area (Å²) in [7, 11) is 0. The summed E-state index contributed by atoms with van der Waals surface area (Å²) < 4.78 is 3.22. The monoisotopic (exact) mass is 401 g/mol. The second kappa shape index (κ2) is 6.98. The SMILES string of the molecule is Cc1cc(NC(=O)CCl)n(-c2ncnc3c2cnn3-c2ccc(Cl)cc2)n1. The maximum Gasteiger partial charge on any atom is 0.240 e. The fourth-order valence-electron chi connectivity index (χ4n) is 2.70. The van der Waals surface area contributed by atoms with Gasteiger partial charge in [-0.15, -0.1) is 11.6 Å². The number of rotatable bonds is 4. The van der Waals surface area contributed by atoms with Crippen LogP contribution in [0.3, 0.4) is 0 Å². The van der Waals surface area contributed by atoms with Gasteiger partial charge in [0.2, 0.25) is 5.91 Å². The van der Waals surface area contributed by atoms with E-state index in [-0.39, 0.29) is 11.8 Å². The van der Waals surface area contributed by atoms with Gasteiger partial charge in [-0.1, -0.05) is 11.6 Å². The van der Waals surface area contributed by atoms with Crippen LogP contribution < -0.4 is 5.32 Å². The number of anilines is 1. The molecule has 0 aliphatic heterocycles. The number of fused-ring (bicyclic) bond motifs is 1. The van der Waals surface area contributed by atoms with Crippen molar-refractivity contribution < 1.29 is 4.79 Å². The Labute approximate surface area is 163 Å². The molecule has 0 saturated carbocycles. The first-order valence-electron chi connectivity index (χ1n) is 7.94. The molecule has 0 spiro atoms. The van der Waals surface area contributed by atoms with Crippen LogP contribution in [0.4, 0.5) is 5.82 Å². The van der Waals surface area contributed by atoms with E-state index in [0.29, 0.717) is 27.7 Å². The van der Waals surface area contributed by atoms with Crippen LogP contribution in [-0.4, -0.2) is 41.3 Å².